The number of nitrogens with zero attached hydrogens (tertiary/aromatic N) is 2. The molecule has 20 heavy (non-hydrogen) atoms. The van der Waals surface area contributed by atoms with Crippen LogP contribution in [0.2, 0.25) is 0 Å². The van der Waals surface area contributed by atoms with Gasteiger partial charge in [0.05, 0.1) is 10.7 Å². The second-order valence-corrected chi connectivity index (χ2v) is 6.68. The summed E-state index contributed by atoms with van der Waals surface area (Å²) >= 11 is 1.86. The first kappa shape index (κ1) is 15.4. The first-order valence-corrected chi connectivity index (χ1v) is 8.33. The van der Waals surface area contributed by atoms with Gasteiger partial charge in [-0.1, -0.05) is 25.4 Å². The van der Waals surface area contributed by atoms with E-state index in [1.165, 1.54) is 12.8 Å². The van der Waals surface area contributed by atoms with Crippen molar-refractivity contribution < 1.29 is 14.4 Å². The minimum atomic E-state index is -0.788. The average Bonchev–Trinajstić information content (AvgIpc) is 2.94. The number of thioether (sulfide) groups is 1. The van der Waals surface area contributed by atoms with Crippen LogP contribution in [-0.4, -0.2) is 27.0 Å². The van der Waals surface area contributed by atoms with Crippen LogP contribution in [-0.2, 0) is 11.2 Å². The number of aromatic nitrogens is 2. The van der Waals surface area contributed by atoms with Crippen LogP contribution in [0.5, 0.6) is 0 Å². The Morgan fingerprint density at radius 1 is 1.45 bits per heavy atom. The average molecular weight is 298 g/mol. The van der Waals surface area contributed by atoms with Crippen LogP contribution in [0.1, 0.15) is 62.9 Å². The summed E-state index contributed by atoms with van der Waals surface area (Å²) in [6, 6.07) is 0. The van der Waals surface area contributed by atoms with Gasteiger partial charge in [0, 0.05) is 6.42 Å². The van der Waals surface area contributed by atoms with Gasteiger partial charge in [-0.15, -0.1) is 0 Å². The van der Waals surface area contributed by atoms with E-state index in [4.69, 9.17) is 4.52 Å². The molecular formula is C14H22N2O3S. The minimum absolute atomic E-state index is 0.309. The van der Waals surface area contributed by atoms with Crippen LogP contribution in [0.3, 0.4) is 0 Å². The number of hydrogen-bond acceptors (Lipinski definition) is 5. The molecule has 1 aliphatic heterocycles. The van der Waals surface area contributed by atoms with Crippen molar-refractivity contribution in [3.8, 4) is 0 Å². The Morgan fingerprint density at radius 2 is 2.20 bits per heavy atom. The first-order chi connectivity index (χ1) is 9.61. The van der Waals surface area contributed by atoms with Gasteiger partial charge in [0.25, 0.3) is 0 Å². The molecule has 0 aliphatic carbocycles. The van der Waals surface area contributed by atoms with E-state index < -0.39 is 11.4 Å². The van der Waals surface area contributed by atoms with Crippen LogP contribution in [0.25, 0.3) is 0 Å². The molecule has 1 N–H and O–H groups in total. The molecule has 1 fully saturated rings. The lowest BCUT2D eigenvalue weighted by molar-refractivity contribution is -0.149. The third kappa shape index (κ3) is 3.16. The molecule has 1 unspecified atom stereocenters. The summed E-state index contributed by atoms with van der Waals surface area (Å²) < 4.78 is 5.29. The molecule has 0 aromatic carbocycles. The van der Waals surface area contributed by atoms with E-state index in [-0.39, 0.29) is 0 Å². The summed E-state index contributed by atoms with van der Waals surface area (Å²) in [5, 5.41) is 13.8. The Hall–Kier alpha value is -1.04. The van der Waals surface area contributed by atoms with E-state index in [9.17, 15) is 9.90 Å². The van der Waals surface area contributed by atoms with Crippen molar-refractivity contribution in [3.63, 3.8) is 0 Å². The molecule has 112 valence electrons. The molecule has 0 radical (unpaired) electrons. The van der Waals surface area contributed by atoms with Crippen molar-refractivity contribution in [2.24, 2.45) is 5.41 Å². The van der Waals surface area contributed by atoms with Crippen LogP contribution >= 0.6 is 11.8 Å². The molecular weight excluding hydrogens is 276 g/mol. The summed E-state index contributed by atoms with van der Waals surface area (Å²) in [5.41, 5.74) is -0.788. The van der Waals surface area contributed by atoms with Crippen molar-refractivity contribution in [2.75, 3.05) is 5.75 Å². The van der Waals surface area contributed by atoms with Crippen molar-refractivity contribution in [2.45, 2.75) is 57.6 Å². The lowest BCUT2D eigenvalue weighted by Gasteiger charge is -2.24. The highest BCUT2D eigenvalue weighted by atomic mass is 32.2. The van der Waals surface area contributed by atoms with Crippen LogP contribution in [0, 0.1) is 5.41 Å². The zero-order valence-electron chi connectivity index (χ0n) is 12.1. The van der Waals surface area contributed by atoms with Crippen molar-refractivity contribution in [1.82, 2.24) is 10.1 Å². The fraction of sp³-hybridized carbons (Fsp3) is 0.786. The summed E-state index contributed by atoms with van der Waals surface area (Å²) in [7, 11) is 0. The highest BCUT2D eigenvalue weighted by molar-refractivity contribution is 7.99. The van der Waals surface area contributed by atoms with Gasteiger partial charge in [0.2, 0.25) is 5.89 Å². The van der Waals surface area contributed by atoms with E-state index >= 15 is 0 Å². The van der Waals surface area contributed by atoms with Gasteiger partial charge in [-0.3, -0.25) is 4.79 Å². The SMILES string of the molecule is CCC(CC)(Cc1nc(C2CCCCS2)no1)C(=O)O. The smallest absolute Gasteiger partial charge is 0.310 e. The highest BCUT2D eigenvalue weighted by Crippen LogP contribution is 2.37. The Balaban J connectivity index is 2.10. The normalized spacial score (nSPS) is 20.0. The molecule has 2 rings (SSSR count). The van der Waals surface area contributed by atoms with Crippen LogP contribution in [0.4, 0.5) is 0 Å². The van der Waals surface area contributed by atoms with E-state index in [2.05, 4.69) is 10.1 Å². The van der Waals surface area contributed by atoms with Gasteiger partial charge in [-0.25, -0.2) is 0 Å². The first-order valence-electron chi connectivity index (χ1n) is 7.28. The van der Waals surface area contributed by atoms with E-state index in [1.54, 1.807) is 0 Å². The maximum absolute atomic E-state index is 11.5. The van der Waals surface area contributed by atoms with Gasteiger partial charge in [0.15, 0.2) is 5.82 Å². The molecule has 1 aromatic rings. The van der Waals surface area contributed by atoms with Crippen molar-refractivity contribution >= 4 is 17.7 Å². The predicted molar refractivity (Wildman–Crippen MR) is 77.7 cm³/mol. The third-order valence-electron chi connectivity index (χ3n) is 4.25. The molecule has 1 aromatic heterocycles. The largest absolute Gasteiger partial charge is 0.481 e. The van der Waals surface area contributed by atoms with E-state index in [0.717, 1.165) is 18.0 Å². The molecule has 6 heteroatoms. The van der Waals surface area contributed by atoms with Gasteiger partial charge >= 0.3 is 5.97 Å². The number of carboxylic acids is 1. The monoisotopic (exact) mass is 298 g/mol. The molecule has 0 bridgehead atoms. The molecule has 0 amide bonds. The summed E-state index contributed by atoms with van der Waals surface area (Å²) in [4.78, 5) is 15.9. The van der Waals surface area contributed by atoms with Crippen LogP contribution < -0.4 is 0 Å². The van der Waals surface area contributed by atoms with E-state index in [1.807, 2.05) is 25.6 Å². The highest BCUT2D eigenvalue weighted by Gasteiger charge is 2.37. The number of hydrogen-bond donors (Lipinski definition) is 1. The molecule has 2 heterocycles. The maximum Gasteiger partial charge on any atom is 0.310 e. The van der Waals surface area contributed by atoms with Crippen molar-refractivity contribution in [1.29, 1.82) is 0 Å². The standard InChI is InChI=1S/C14H22N2O3S/c1-3-14(4-2,13(17)18)9-11-15-12(16-19-11)10-7-5-6-8-20-10/h10H,3-9H2,1-2H3,(H,17,18). The second kappa shape index (κ2) is 6.61. The van der Waals surface area contributed by atoms with Crippen molar-refractivity contribution in [3.05, 3.63) is 11.7 Å². The topological polar surface area (TPSA) is 76.2 Å². The van der Waals surface area contributed by atoms with E-state index in [0.29, 0.717) is 30.4 Å². The van der Waals surface area contributed by atoms with Gasteiger partial charge in [0.1, 0.15) is 0 Å². The fourth-order valence-electron chi connectivity index (χ4n) is 2.58. The van der Waals surface area contributed by atoms with Gasteiger partial charge in [-0.05, 0) is 31.4 Å². The fourth-order valence-corrected chi connectivity index (χ4v) is 3.82. The molecule has 0 saturated carbocycles. The molecule has 5 nitrogen and oxygen atoms in total. The lowest BCUT2D eigenvalue weighted by Crippen LogP contribution is -2.32. The Kier molecular flexibility index (Phi) is 5.07. The molecule has 1 atom stereocenters. The lowest BCUT2D eigenvalue weighted by atomic mass is 9.79. The zero-order chi connectivity index (χ0) is 14.6. The third-order valence-corrected chi connectivity index (χ3v) is 5.62. The zero-order valence-corrected chi connectivity index (χ0v) is 12.9. The summed E-state index contributed by atoms with van der Waals surface area (Å²) in [5.74, 6) is 1.54. The number of rotatable bonds is 6. The number of carbonyl (C=O) groups is 1. The molecule has 1 saturated heterocycles. The summed E-state index contributed by atoms with van der Waals surface area (Å²) in [6.45, 7) is 3.79. The second-order valence-electron chi connectivity index (χ2n) is 5.37. The molecule has 0 spiro atoms. The number of aliphatic carboxylic acids is 1. The predicted octanol–water partition coefficient (Wildman–Crippen LogP) is 3.46. The van der Waals surface area contributed by atoms with Gasteiger partial charge < -0.3 is 9.63 Å². The Bertz CT molecular complexity index is 451. The summed E-state index contributed by atoms with van der Waals surface area (Å²) in [6.07, 6.45) is 4.97. The quantitative estimate of drug-likeness (QED) is 0.866. The van der Waals surface area contributed by atoms with Gasteiger partial charge in [-0.2, -0.15) is 16.7 Å². The maximum atomic E-state index is 11.5. The Labute approximate surface area is 123 Å². The minimum Gasteiger partial charge on any atom is -0.481 e. The Morgan fingerprint density at radius 3 is 2.75 bits per heavy atom. The molecule has 1 aliphatic rings. The van der Waals surface area contributed by atoms with Crippen LogP contribution in [0.15, 0.2) is 4.52 Å². The number of carboxylic acid groups (broad SMARTS) is 1.